The zero-order valence-corrected chi connectivity index (χ0v) is 10.9. The molecule has 2 nitrogen and oxygen atoms in total. The van der Waals surface area contributed by atoms with Gasteiger partial charge in [-0.3, -0.25) is 0 Å². The summed E-state index contributed by atoms with van der Waals surface area (Å²) in [5.41, 5.74) is -0.444. The van der Waals surface area contributed by atoms with Crippen LogP contribution in [0.4, 0.5) is 0 Å². The van der Waals surface area contributed by atoms with Crippen molar-refractivity contribution in [1.82, 2.24) is 5.32 Å². The third-order valence-electron chi connectivity index (χ3n) is 3.46. The molecule has 16 heavy (non-hydrogen) atoms. The third-order valence-corrected chi connectivity index (χ3v) is 4.64. The predicted molar refractivity (Wildman–Crippen MR) is 68.9 cm³/mol. The van der Waals surface area contributed by atoms with Gasteiger partial charge in [0.25, 0.3) is 0 Å². The molecule has 0 saturated heterocycles. The van der Waals surface area contributed by atoms with Gasteiger partial charge in [-0.05, 0) is 38.8 Å². The van der Waals surface area contributed by atoms with Gasteiger partial charge in [0.2, 0.25) is 0 Å². The summed E-state index contributed by atoms with van der Waals surface area (Å²) in [4.78, 5) is 2.71. The fourth-order valence-electron chi connectivity index (χ4n) is 2.34. The zero-order valence-electron chi connectivity index (χ0n) is 10.1. The highest BCUT2D eigenvalue weighted by Gasteiger charge is 2.31. The van der Waals surface area contributed by atoms with Crippen molar-refractivity contribution in [3.8, 4) is 0 Å². The largest absolute Gasteiger partial charge is 0.389 e. The van der Waals surface area contributed by atoms with Crippen LogP contribution in [0.5, 0.6) is 0 Å². The molecule has 1 aliphatic carbocycles. The monoisotopic (exact) mass is 239 g/mol. The minimum Gasteiger partial charge on any atom is -0.389 e. The van der Waals surface area contributed by atoms with Gasteiger partial charge in [-0.15, -0.1) is 11.3 Å². The maximum atomic E-state index is 10.2. The van der Waals surface area contributed by atoms with Crippen molar-refractivity contribution in [3.63, 3.8) is 0 Å². The molecule has 2 N–H and O–H groups in total. The van der Waals surface area contributed by atoms with E-state index in [-0.39, 0.29) is 0 Å². The molecule has 1 aromatic rings. The van der Waals surface area contributed by atoms with E-state index in [4.69, 9.17) is 0 Å². The maximum absolute atomic E-state index is 10.2. The van der Waals surface area contributed by atoms with Crippen molar-refractivity contribution in [1.29, 1.82) is 0 Å². The molecule has 1 heterocycles. The molecule has 0 aromatic carbocycles. The van der Waals surface area contributed by atoms with E-state index < -0.39 is 5.60 Å². The standard InChI is InChI=1S/C13H21NOS/c1-10-5-6-12(16-10)11(2)14-9-13(15)7-3-4-8-13/h5-6,11,14-15H,3-4,7-9H2,1-2H3. The van der Waals surface area contributed by atoms with Gasteiger partial charge >= 0.3 is 0 Å². The summed E-state index contributed by atoms with van der Waals surface area (Å²) >= 11 is 1.83. The van der Waals surface area contributed by atoms with Gasteiger partial charge in [-0.1, -0.05) is 12.8 Å². The molecule has 1 atom stereocenters. The number of aryl methyl sites for hydroxylation is 1. The Bertz CT molecular complexity index is 341. The molecule has 0 amide bonds. The van der Waals surface area contributed by atoms with E-state index in [1.807, 2.05) is 11.3 Å². The lowest BCUT2D eigenvalue weighted by Crippen LogP contribution is -2.38. The molecule has 1 unspecified atom stereocenters. The van der Waals surface area contributed by atoms with Crippen LogP contribution in [-0.4, -0.2) is 17.3 Å². The first-order valence-corrected chi connectivity index (χ1v) is 6.93. The summed E-state index contributed by atoms with van der Waals surface area (Å²) in [6.07, 6.45) is 4.25. The van der Waals surface area contributed by atoms with Crippen molar-refractivity contribution in [2.24, 2.45) is 0 Å². The van der Waals surface area contributed by atoms with E-state index in [1.54, 1.807) is 0 Å². The summed E-state index contributed by atoms with van der Waals surface area (Å²) in [5.74, 6) is 0. The number of hydrogen-bond donors (Lipinski definition) is 2. The molecule has 0 spiro atoms. The van der Waals surface area contributed by atoms with Crippen molar-refractivity contribution in [2.45, 2.75) is 51.2 Å². The van der Waals surface area contributed by atoms with Gasteiger partial charge in [0.1, 0.15) is 0 Å². The molecule has 2 rings (SSSR count). The second-order valence-electron chi connectivity index (χ2n) is 4.98. The summed E-state index contributed by atoms with van der Waals surface area (Å²) < 4.78 is 0. The quantitative estimate of drug-likeness (QED) is 0.846. The topological polar surface area (TPSA) is 32.3 Å². The minimum atomic E-state index is -0.444. The minimum absolute atomic E-state index is 0.350. The van der Waals surface area contributed by atoms with E-state index in [0.717, 1.165) is 19.4 Å². The van der Waals surface area contributed by atoms with Crippen LogP contribution in [0.25, 0.3) is 0 Å². The van der Waals surface area contributed by atoms with Crippen molar-refractivity contribution in [3.05, 3.63) is 21.9 Å². The fraction of sp³-hybridized carbons (Fsp3) is 0.692. The molecule has 90 valence electrons. The number of thiophene rings is 1. The smallest absolute Gasteiger partial charge is 0.0771 e. The average molecular weight is 239 g/mol. The molecule has 1 saturated carbocycles. The van der Waals surface area contributed by atoms with Crippen molar-refractivity contribution in [2.75, 3.05) is 6.54 Å². The van der Waals surface area contributed by atoms with Crippen LogP contribution in [0, 0.1) is 6.92 Å². The Kier molecular flexibility index (Phi) is 3.67. The predicted octanol–water partition coefficient (Wildman–Crippen LogP) is 3.01. The number of rotatable bonds is 4. The third kappa shape index (κ3) is 2.84. The van der Waals surface area contributed by atoms with Crippen molar-refractivity contribution >= 4 is 11.3 Å². The molecule has 1 aliphatic rings. The normalized spacial score (nSPS) is 21.2. The summed E-state index contributed by atoms with van der Waals surface area (Å²) in [5, 5.41) is 13.7. The maximum Gasteiger partial charge on any atom is 0.0771 e. The Morgan fingerprint density at radius 3 is 2.69 bits per heavy atom. The Labute approximate surface area is 102 Å². The van der Waals surface area contributed by atoms with E-state index in [0.29, 0.717) is 6.04 Å². The highest BCUT2D eigenvalue weighted by atomic mass is 32.1. The SMILES string of the molecule is Cc1ccc(C(C)NCC2(O)CCCC2)s1. The lowest BCUT2D eigenvalue weighted by atomic mass is 10.0. The van der Waals surface area contributed by atoms with E-state index >= 15 is 0 Å². The zero-order chi connectivity index (χ0) is 11.6. The van der Waals surface area contributed by atoms with Crippen molar-refractivity contribution < 1.29 is 5.11 Å². The van der Waals surface area contributed by atoms with Crippen LogP contribution in [-0.2, 0) is 0 Å². The lowest BCUT2D eigenvalue weighted by molar-refractivity contribution is 0.0454. The first kappa shape index (κ1) is 12.1. The van der Waals surface area contributed by atoms with E-state index in [9.17, 15) is 5.11 Å². The second-order valence-corrected chi connectivity index (χ2v) is 6.30. The lowest BCUT2D eigenvalue weighted by Gasteiger charge is -2.24. The first-order valence-electron chi connectivity index (χ1n) is 6.11. The van der Waals surface area contributed by atoms with Crippen LogP contribution in [0.15, 0.2) is 12.1 Å². The summed E-state index contributed by atoms with van der Waals surface area (Å²) in [6.45, 7) is 5.03. The molecule has 0 aliphatic heterocycles. The second kappa shape index (κ2) is 4.86. The Balaban J connectivity index is 1.86. The summed E-state index contributed by atoms with van der Waals surface area (Å²) in [7, 11) is 0. The summed E-state index contributed by atoms with van der Waals surface area (Å²) in [6, 6.07) is 4.68. The number of nitrogens with one attached hydrogen (secondary N) is 1. The van der Waals surface area contributed by atoms with Crippen LogP contribution in [0.3, 0.4) is 0 Å². The molecule has 3 heteroatoms. The molecule has 0 radical (unpaired) electrons. The Morgan fingerprint density at radius 2 is 2.12 bits per heavy atom. The molecule has 0 bridgehead atoms. The number of hydrogen-bond acceptors (Lipinski definition) is 3. The van der Waals surface area contributed by atoms with Gasteiger partial charge in [0.15, 0.2) is 0 Å². The van der Waals surface area contributed by atoms with Gasteiger partial charge < -0.3 is 10.4 Å². The van der Waals surface area contributed by atoms with Crippen LogP contribution >= 0.6 is 11.3 Å². The van der Waals surface area contributed by atoms with E-state index in [2.05, 4.69) is 31.3 Å². The number of aliphatic hydroxyl groups is 1. The van der Waals surface area contributed by atoms with Crippen LogP contribution in [0.2, 0.25) is 0 Å². The van der Waals surface area contributed by atoms with E-state index in [1.165, 1.54) is 22.6 Å². The Hall–Kier alpha value is -0.380. The van der Waals surface area contributed by atoms with Gasteiger partial charge in [0.05, 0.1) is 5.60 Å². The first-order chi connectivity index (χ1) is 7.59. The molecule has 1 fully saturated rings. The average Bonchev–Trinajstić information content (AvgIpc) is 2.85. The molecular formula is C13H21NOS. The Morgan fingerprint density at radius 1 is 1.44 bits per heavy atom. The van der Waals surface area contributed by atoms with Crippen LogP contribution in [0.1, 0.15) is 48.4 Å². The fourth-order valence-corrected chi connectivity index (χ4v) is 3.24. The van der Waals surface area contributed by atoms with Gasteiger partial charge in [0, 0.05) is 22.3 Å². The molecular weight excluding hydrogens is 218 g/mol. The van der Waals surface area contributed by atoms with Gasteiger partial charge in [-0.2, -0.15) is 0 Å². The van der Waals surface area contributed by atoms with Crippen LogP contribution < -0.4 is 5.32 Å². The highest BCUT2D eigenvalue weighted by molar-refractivity contribution is 7.12. The van der Waals surface area contributed by atoms with Gasteiger partial charge in [-0.25, -0.2) is 0 Å². The molecule has 1 aromatic heterocycles. The highest BCUT2D eigenvalue weighted by Crippen LogP contribution is 2.30.